The molecular weight excluding hydrogens is 288 g/mol. The van der Waals surface area contributed by atoms with E-state index in [4.69, 9.17) is 20.4 Å². The van der Waals surface area contributed by atoms with Crippen molar-refractivity contribution in [1.29, 1.82) is 10.8 Å². The molecule has 0 aliphatic heterocycles. The fourth-order valence-corrected chi connectivity index (χ4v) is 1.43. The van der Waals surface area contributed by atoms with Crippen molar-refractivity contribution >= 4 is 12.2 Å². The van der Waals surface area contributed by atoms with Crippen molar-refractivity contribution in [3.05, 3.63) is 97.1 Å². The van der Waals surface area contributed by atoms with Crippen molar-refractivity contribution in [2.45, 2.75) is 6.42 Å². The average Bonchev–Trinajstić information content (AvgIpc) is 2.58. The van der Waals surface area contributed by atoms with E-state index in [-0.39, 0.29) is 0 Å². The zero-order valence-corrected chi connectivity index (χ0v) is 12.9. The maximum Gasteiger partial charge on any atom is 0.231 e. The molecule has 23 heavy (non-hydrogen) atoms. The summed E-state index contributed by atoms with van der Waals surface area (Å²) in [6.45, 7) is 6.72. The molecule has 2 rings (SSSR count). The van der Waals surface area contributed by atoms with E-state index in [1.165, 1.54) is 11.1 Å². The van der Waals surface area contributed by atoms with Gasteiger partial charge in [-0.15, -0.1) is 0 Å². The number of carbonyl (C=O) groups excluding carboxylic acids is 2. The number of nitrogens with one attached hydrogen (secondary N) is 2. The van der Waals surface area contributed by atoms with Gasteiger partial charge in [0, 0.05) is 0 Å². The molecule has 0 saturated heterocycles. The highest BCUT2D eigenvalue weighted by Gasteiger charge is 1.92. The number of allylic oxidation sites excluding steroid dienone is 2. The molecule has 0 amide bonds. The van der Waals surface area contributed by atoms with Gasteiger partial charge in [0.2, 0.25) is 12.2 Å². The van der Waals surface area contributed by atoms with Crippen LogP contribution in [0.1, 0.15) is 11.1 Å². The lowest BCUT2D eigenvalue weighted by atomic mass is 10.1. The van der Waals surface area contributed by atoms with Gasteiger partial charge >= 0.3 is 0 Å². The monoisotopic (exact) mass is 308 g/mol. The summed E-state index contributed by atoms with van der Waals surface area (Å²) in [5, 5.41) is 10.8. The summed E-state index contributed by atoms with van der Waals surface area (Å²) < 4.78 is 0. The van der Waals surface area contributed by atoms with E-state index in [2.05, 4.69) is 73.8 Å². The van der Waals surface area contributed by atoms with Crippen molar-refractivity contribution in [1.82, 2.24) is 0 Å². The van der Waals surface area contributed by atoms with Crippen LogP contribution in [0.4, 0.5) is 0 Å². The molecule has 2 aromatic carbocycles. The van der Waals surface area contributed by atoms with Crippen LogP contribution < -0.4 is 0 Å². The van der Waals surface area contributed by atoms with Gasteiger partial charge in [-0.3, -0.25) is 0 Å². The summed E-state index contributed by atoms with van der Waals surface area (Å²) >= 11 is 0. The normalized spacial score (nSPS) is 7.13. The summed E-state index contributed by atoms with van der Waals surface area (Å²) in [4.78, 5) is 16.7. The predicted octanol–water partition coefficient (Wildman–Crippen LogP) is 4.44. The van der Waals surface area contributed by atoms with E-state index in [1.54, 1.807) is 12.2 Å². The van der Waals surface area contributed by atoms with Crippen LogP contribution in [0.25, 0.3) is 0 Å². The molecule has 4 heteroatoms. The lowest BCUT2D eigenvalue weighted by Crippen LogP contribution is -1.85. The van der Waals surface area contributed by atoms with Gasteiger partial charge in [-0.25, -0.2) is 20.4 Å². The quantitative estimate of drug-likeness (QED) is 0.499. The van der Waals surface area contributed by atoms with Crippen LogP contribution in [0, 0.1) is 10.8 Å². The molecule has 0 bridgehead atoms. The number of hydrogen-bond donors (Lipinski definition) is 2. The topological polar surface area (TPSA) is 81.8 Å². The molecule has 0 aliphatic carbocycles. The second-order valence-electron chi connectivity index (χ2n) is 3.82. The Morgan fingerprint density at radius 3 is 1.22 bits per heavy atom. The Hall–Kier alpha value is -3.32. The highest BCUT2D eigenvalue weighted by molar-refractivity contribution is 5.26. The second kappa shape index (κ2) is 18.7. The molecule has 0 fully saturated rings. The lowest BCUT2D eigenvalue weighted by molar-refractivity contribution is 0.562. The fourth-order valence-electron chi connectivity index (χ4n) is 1.43. The van der Waals surface area contributed by atoms with Gasteiger partial charge in [0.15, 0.2) is 0 Å². The van der Waals surface area contributed by atoms with Crippen LogP contribution in [-0.4, -0.2) is 12.2 Å². The minimum absolute atomic E-state index is 0.750. The van der Waals surface area contributed by atoms with Gasteiger partial charge in [0.25, 0.3) is 0 Å². The summed E-state index contributed by atoms with van der Waals surface area (Å²) in [6, 6.07) is 21.1. The molecule has 118 valence electrons. The number of benzene rings is 2. The molecule has 2 N–H and O–H groups in total. The summed E-state index contributed by atoms with van der Waals surface area (Å²) in [6.07, 6.45) is 5.81. The molecule has 0 unspecified atom stereocenters. The highest BCUT2D eigenvalue weighted by Crippen LogP contribution is 2.07. The number of rotatable bonds is 3. The predicted molar refractivity (Wildman–Crippen MR) is 92.9 cm³/mol. The van der Waals surface area contributed by atoms with Crippen LogP contribution in [-0.2, 0) is 16.0 Å². The number of isocyanates is 2. The molecule has 0 atom stereocenters. The Morgan fingerprint density at radius 2 is 1.00 bits per heavy atom. The first kappa shape index (κ1) is 22.0. The van der Waals surface area contributed by atoms with Crippen molar-refractivity contribution in [2.75, 3.05) is 0 Å². The van der Waals surface area contributed by atoms with E-state index in [9.17, 15) is 0 Å². The average molecular weight is 308 g/mol. The van der Waals surface area contributed by atoms with Gasteiger partial charge in [-0.05, 0) is 17.5 Å². The Bertz CT molecular complexity index is 540. The molecule has 0 spiro atoms. The van der Waals surface area contributed by atoms with E-state index >= 15 is 0 Å². The minimum atomic E-state index is 0.750. The summed E-state index contributed by atoms with van der Waals surface area (Å²) in [7, 11) is 0. The zero-order chi connectivity index (χ0) is 17.8. The van der Waals surface area contributed by atoms with Crippen molar-refractivity contribution < 1.29 is 9.59 Å². The minimum Gasteiger partial charge on any atom is -0.222 e. The van der Waals surface area contributed by atoms with Gasteiger partial charge in [0.1, 0.15) is 0 Å². The van der Waals surface area contributed by atoms with Crippen molar-refractivity contribution in [3.8, 4) is 0 Å². The third kappa shape index (κ3) is 16.6. The van der Waals surface area contributed by atoms with Gasteiger partial charge in [-0.2, -0.15) is 0 Å². The third-order valence-corrected chi connectivity index (χ3v) is 2.26. The van der Waals surface area contributed by atoms with E-state index in [0.29, 0.717) is 0 Å². The Labute approximate surface area is 136 Å². The molecule has 2 aromatic rings. The van der Waals surface area contributed by atoms with Crippen LogP contribution in [0.5, 0.6) is 0 Å². The maximum absolute atomic E-state index is 8.35. The second-order valence-corrected chi connectivity index (χ2v) is 3.82. The first-order chi connectivity index (χ1) is 11.2. The summed E-state index contributed by atoms with van der Waals surface area (Å²) in [5.41, 5.74) is 2.74. The van der Waals surface area contributed by atoms with Crippen LogP contribution in [0.15, 0.2) is 86.0 Å². The zero-order valence-electron chi connectivity index (χ0n) is 12.9. The summed E-state index contributed by atoms with van der Waals surface area (Å²) in [5.74, 6) is 0. The van der Waals surface area contributed by atoms with Crippen LogP contribution >= 0.6 is 0 Å². The molecule has 0 aliphatic rings. The first-order valence-corrected chi connectivity index (χ1v) is 6.59. The van der Waals surface area contributed by atoms with Crippen LogP contribution in [0.3, 0.4) is 0 Å². The van der Waals surface area contributed by atoms with Gasteiger partial charge in [-0.1, -0.05) is 86.0 Å². The SMILES string of the molecule is C=CC=C.N=C=O.N=C=O.c1ccc(Cc2ccccc2)cc1. The van der Waals surface area contributed by atoms with Gasteiger partial charge in [0.05, 0.1) is 0 Å². The molecule has 0 aromatic heterocycles. The maximum atomic E-state index is 8.35. The lowest BCUT2D eigenvalue weighted by Gasteiger charge is -2.00. The Morgan fingerprint density at radius 1 is 0.739 bits per heavy atom. The van der Waals surface area contributed by atoms with Crippen molar-refractivity contribution in [2.24, 2.45) is 0 Å². The highest BCUT2D eigenvalue weighted by atomic mass is 16.1. The fraction of sp³-hybridized carbons (Fsp3) is 0.0526. The van der Waals surface area contributed by atoms with E-state index in [0.717, 1.165) is 18.6 Å². The smallest absolute Gasteiger partial charge is 0.222 e. The third-order valence-electron chi connectivity index (χ3n) is 2.26. The van der Waals surface area contributed by atoms with E-state index < -0.39 is 0 Å². The molecule has 0 heterocycles. The van der Waals surface area contributed by atoms with Gasteiger partial charge < -0.3 is 0 Å². The Kier molecular flexibility index (Phi) is 17.8. The van der Waals surface area contributed by atoms with Crippen molar-refractivity contribution in [3.63, 3.8) is 0 Å². The molecule has 4 nitrogen and oxygen atoms in total. The molecular formula is C19H20N2O2. The first-order valence-electron chi connectivity index (χ1n) is 6.59. The number of hydrogen-bond acceptors (Lipinski definition) is 4. The Balaban J connectivity index is 0. The largest absolute Gasteiger partial charge is 0.231 e. The molecule has 0 radical (unpaired) electrons. The van der Waals surface area contributed by atoms with E-state index in [1.807, 2.05) is 0 Å². The van der Waals surface area contributed by atoms with Crippen LogP contribution in [0.2, 0.25) is 0 Å². The molecule has 0 saturated carbocycles. The standard InChI is InChI=1S/C13H12.C4H6.2CHNO/c1-3-7-12(8-4-1)11-13-9-5-2-6-10-13;1-3-4-2;2*2-1-3/h1-10H,11H2;3-4H,1-2H2;2*2H.